The number of nitrogens with two attached hydrogens (primary N) is 1. The number of hydrogen-bond donors (Lipinski definition) is 2. The number of rotatable bonds is 4. The highest BCUT2D eigenvalue weighted by molar-refractivity contribution is 7.89. The van der Waals surface area contributed by atoms with Crippen molar-refractivity contribution in [3.8, 4) is 0 Å². The van der Waals surface area contributed by atoms with Crippen LogP contribution in [0.15, 0.2) is 29.2 Å². The maximum atomic E-state index is 12.3. The Kier molecular flexibility index (Phi) is 3.75. The predicted octanol–water partition coefficient (Wildman–Crippen LogP) is 1.76. The van der Waals surface area contributed by atoms with Crippen LogP contribution >= 0.6 is 0 Å². The lowest BCUT2D eigenvalue weighted by Crippen LogP contribution is -2.43. The summed E-state index contributed by atoms with van der Waals surface area (Å²) >= 11 is 0. The summed E-state index contributed by atoms with van der Waals surface area (Å²) in [6.07, 6.45) is 4.00. The van der Waals surface area contributed by atoms with Gasteiger partial charge in [-0.2, -0.15) is 0 Å². The van der Waals surface area contributed by atoms with Crippen LogP contribution in [0.5, 0.6) is 0 Å². The van der Waals surface area contributed by atoms with Gasteiger partial charge in [0.25, 0.3) is 0 Å². The largest absolute Gasteiger partial charge is 0.326 e. The average molecular weight is 268 g/mol. The minimum atomic E-state index is -3.42. The fourth-order valence-corrected chi connectivity index (χ4v) is 3.91. The maximum absolute atomic E-state index is 12.3. The Labute approximate surface area is 109 Å². The number of benzene rings is 1. The molecule has 2 rings (SSSR count). The van der Waals surface area contributed by atoms with E-state index in [9.17, 15) is 8.42 Å². The molecule has 0 bridgehead atoms. The zero-order valence-corrected chi connectivity index (χ0v) is 11.5. The van der Waals surface area contributed by atoms with Crippen molar-refractivity contribution in [1.29, 1.82) is 0 Å². The highest BCUT2D eigenvalue weighted by Gasteiger charge is 2.33. The molecule has 1 aliphatic rings. The minimum absolute atomic E-state index is 0.286. The standard InChI is InChI=1S/C13H20N2O2S/c1-13(8-2-3-9-13)15-18(16,17)12-6-4-11(10-14)5-7-12/h4-7,15H,2-3,8-10,14H2,1H3. The van der Waals surface area contributed by atoms with E-state index < -0.39 is 10.0 Å². The Hall–Kier alpha value is -0.910. The highest BCUT2D eigenvalue weighted by Crippen LogP contribution is 2.30. The highest BCUT2D eigenvalue weighted by atomic mass is 32.2. The normalized spacial score (nSPS) is 19.0. The molecule has 0 atom stereocenters. The summed E-state index contributed by atoms with van der Waals surface area (Å²) in [6, 6.07) is 6.74. The van der Waals surface area contributed by atoms with Crippen LogP contribution in [-0.2, 0) is 16.6 Å². The van der Waals surface area contributed by atoms with Crippen molar-refractivity contribution in [2.24, 2.45) is 5.73 Å². The fourth-order valence-electron chi connectivity index (χ4n) is 2.45. The van der Waals surface area contributed by atoms with E-state index in [0.29, 0.717) is 11.4 Å². The first-order chi connectivity index (χ1) is 8.45. The monoisotopic (exact) mass is 268 g/mol. The zero-order valence-electron chi connectivity index (χ0n) is 10.6. The van der Waals surface area contributed by atoms with Gasteiger partial charge in [-0.1, -0.05) is 25.0 Å². The molecule has 0 radical (unpaired) electrons. The van der Waals surface area contributed by atoms with Crippen molar-refractivity contribution in [3.63, 3.8) is 0 Å². The second-order valence-electron chi connectivity index (χ2n) is 5.22. The summed E-state index contributed by atoms with van der Waals surface area (Å²) in [4.78, 5) is 0.313. The quantitative estimate of drug-likeness (QED) is 0.874. The van der Waals surface area contributed by atoms with E-state index in [1.807, 2.05) is 6.92 Å². The predicted molar refractivity (Wildman–Crippen MR) is 71.5 cm³/mol. The average Bonchev–Trinajstić information content (AvgIpc) is 2.75. The first-order valence-corrected chi connectivity index (χ1v) is 7.77. The van der Waals surface area contributed by atoms with Crippen molar-refractivity contribution in [3.05, 3.63) is 29.8 Å². The van der Waals surface area contributed by atoms with Gasteiger partial charge >= 0.3 is 0 Å². The first kappa shape index (κ1) is 13.5. The second-order valence-corrected chi connectivity index (χ2v) is 6.90. The van der Waals surface area contributed by atoms with E-state index in [-0.39, 0.29) is 5.54 Å². The smallest absolute Gasteiger partial charge is 0.241 e. The Morgan fingerprint density at radius 1 is 1.22 bits per heavy atom. The summed E-state index contributed by atoms with van der Waals surface area (Å²) in [6.45, 7) is 2.40. The molecule has 18 heavy (non-hydrogen) atoms. The van der Waals surface area contributed by atoms with Gasteiger partial charge in [-0.25, -0.2) is 13.1 Å². The Morgan fingerprint density at radius 3 is 2.28 bits per heavy atom. The van der Waals surface area contributed by atoms with Crippen molar-refractivity contribution >= 4 is 10.0 Å². The number of hydrogen-bond acceptors (Lipinski definition) is 3. The fraction of sp³-hybridized carbons (Fsp3) is 0.538. The van der Waals surface area contributed by atoms with E-state index in [2.05, 4.69) is 4.72 Å². The summed E-state index contributed by atoms with van der Waals surface area (Å²) in [5.74, 6) is 0. The van der Waals surface area contributed by atoms with Gasteiger partial charge in [-0.15, -0.1) is 0 Å². The molecule has 1 saturated carbocycles. The lowest BCUT2D eigenvalue weighted by molar-refractivity contribution is 0.427. The van der Waals surface area contributed by atoms with Crippen molar-refractivity contribution < 1.29 is 8.42 Å². The van der Waals surface area contributed by atoms with E-state index >= 15 is 0 Å². The van der Waals surface area contributed by atoms with Gasteiger partial charge in [0.2, 0.25) is 10.0 Å². The van der Waals surface area contributed by atoms with Crippen LogP contribution in [0.4, 0.5) is 0 Å². The Bertz CT molecular complexity index is 502. The summed E-state index contributed by atoms with van der Waals surface area (Å²) in [7, 11) is -3.42. The van der Waals surface area contributed by atoms with E-state index in [4.69, 9.17) is 5.73 Å². The van der Waals surface area contributed by atoms with Gasteiger partial charge in [-0.05, 0) is 37.5 Å². The van der Waals surface area contributed by atoms with Crippen LogP contribution < -0.4 is 10.5 Å². The Morgan fingerprint density at radius 2 is 1.78 bits per heavy atom. The zero-order chi connectivity index (χ0) is 13.2. The van der Waals surface area contributed by atoms with Crippen molar-refractivity contribution in [2.45, 2.75) is 49.6 Å². The molecule has 0 saturated heterocycles. The van der Waals surface area contributed by atoms with E-state index in [1.54, 1.807) is 24.3 Å². The first-order valence-electron chi connectivity index (χ1n) is 6.28. The number of nitrogens with one attached hydrogen (secondary N) is 1. The van der Waals surface area contributed by atoms with Crippen LogP contribution in [-0.4, -0.2) is 14.0 Å². The summed E-state index contributed by atoms with van der Waals surface area (Å²) in [5.41, 5.74) is 6.14. The van der Waals surface area contributed by atoms with Gasteiger partial charge < -0.3 is 5.73 Å². The SMILES string of the molecule is CC1(NS(=O)(=O)c2ccc(CN)cc2)CCCC1. The van der Waals surface area contributed by atoms with Crippen molar-refractivity contribution in [2.75, 3.05) is 0 Å². The van der Waals surface area contributed by atoms with Crippen molar-refractivity contribution in [1.82, 2.24) is 4.72 Å². The molecule has 5 heteroatoms. The van der Waals surface area contributed by atoms with Gasteiger partial charge in [0.05, 0.1) is 4.90 Å². The van der Waals surface area contributed by atoms with E-state index in [1.165, 1.54) is 0 Å². The molecule has 1 aromatic carbocycles. The van der Waals surface area contributed by atoms with Gasteiger partial charge in [0.15, 0.2) is 0 Å². The molecule has 3 N–H and O–H groups in total. The second kappa shape index (κ2) is 4.99. The lowest BCUT2D eigenvalue weighted by Gasteiger charge is -2.24. The topological polar surface area (TPSA) is 72.2 Å². The maximum Gasteiger partial charge on any atom is 0.241 e. The third kappa shape index (κ3) is 2.91. The molecule has 0 heterocycles. The summed E-state index contributed by atoms with van der Waals surface area (Å²) < 4.78 is 27.3. The van der Waals surface area contributed by atoms with Crippen LogP contribution in [0.2, 0.25) is 0 Å². The molecule has 0 unspecified atom stereocenters. The number of sulfonamides is 1. The molecule has 1 aromatic rings. The molecule has 0 spiro atoms. The molecular formula is C13H20N2O2S. The Balaban J connectivity index is 2.19. The minimum Gasteiger partial charge on any atom is -0.326 e. The summed E-state index contributed by atoms with van der Waals surface area (Å²) in [5, 5.41) is 0. The molecule has 100 valence electrons. The van der Waals surface area contributed by atoms with Gasteiger partial charge in [-0.3, -0.25) is 0 Å². The molecule has 0 aromatic heterocycles. The molecule has 1 fully saturated rings. The van der Waals surface area contributed by atoms with Crippen LogP contribution in [0.25, 0.3) is 0 Å². The molecule has 0 amide bonds. The van der Waals surface area contributed by atoms with Gasteiger partial charge in [0.1, 0.15) is 0 Å². The lowest BCUT2D eigenvalue weighted by atomic mass is 10.0. The molecule has 4 nitrogen and oxygen atoms in total. The van der Waals surface area contributed by atoms with E-state index in [0.717, 1.165) is 31.2 Å². The third-order valence-electron chi connectivity index (χ3n) is 3.56. The van der Waals surface area contributed by atoms with Crippen LogP contribution in [0.1, 0.15) is 38.2 Å². The van der Waals surface area contributed by atoms with Crippen LogP contribution in [0, 0.1) is 0 Å². The third-order valence-corrected chi connectivity index (χ3v) is 5.21. The molecule has 0 aliphatic heterocycles. The molecule has 1 aliphatic carbocycles. The molecular weight excluding hydrogens is 248 g/mol. The van der Waals surface area contributed by atoms with Crippen LogP contribution in [0.3, 0.4) is 0 Å². The van der Waals surface area contributed by atoms with Gasteiger partial charge in [0, 0.05) is 12.1 Å².